The highest BCUT2D eigenvalue weighted by Crippen LogP contribution is 2.16. The van der Waals surface area contributed by atoms with Crippen molar-refractivity contribution in [3.63, 3.8) is 0 Å². The molecule has 1 atom stereocenters. The molecule has 0 aromatic heterocycles. The fraction of sp³-hybridized carbons (Fsp3) is 0.222. The van der Waals surface area contributed by atoms with Crippen molar-refractivity contribution >= 4 is 40.2 Å². The van der Waals surface area contributed by atoms with E-state index >= 15 is 0 Å². The van der Waals surface area contributed by atoms with E-state index in [-0.39, 0.29) is 12.3 Å². The summed E-state index contributed by atoms with van der Waals surface area (Å²) in [6, 6.07) is 15.1. The maximum atomic E-state index is 12.1. The van der Waals surface area contributed by atoms with Crippen LogP contribution in [0.25, 0.3) is 0 Å². The van der Waals surface area contributed by atoms with Crippen LogP contribution in [0, 0.1) is 16.4 Å². The molecular weight excluding hydrogens is 405 g/mol. The zero-order chi connectivity index (χ0) is 16.8. The molecule has 0 aliphatic rings. The second-order valence-electron chi connectivity index (χ2n) is 5.49. The molecule has 1 amide bonds. The lowest BCUT2D eigenvalue weighted by atomic mass is 9.95. The molecule has 0 bridgehead atoms. The molecule has 0 aliphatic heterocycles. The van der Waals surface area contributed by atoms with Crippen molar-refractivity contribution in [3.05, 3.63) is 63.2 Å². The minimum absolute atomic E-state index is 0.0464. The second kappa shape index (κ2) is 8.10. The van der Waals surface area contributed by atoms with Crippen LogP contribution in [0.5, 0.6) is 0 Å². The fourth-order valence-electron chi connectivity index (χ4n) is 2.34. The number of carboxylic acid groups (broad SMARTS) is 1. The van der Waals surface area contributed by atoms with E-state index in [0.29, 0.717) is 12.1 Å². The molecule has 2 aromatic rings. The van der Waals surface area contributed by atoms with Gasteiger partial charge < -0.3 is 10.4 Å². The average Bonchev–Trinajstić information content (AvgIpc) is 2.49. The maximum absolute atomic E-state index is 12.1. The number of halogens is 1. The smallest absolute Gasteiger partial charge is 0.307 e. The molecule has 120 valence electrons. The number of amides is 1. The molecule has 2 rings (SSSR count). The Balaban J connectivity index is 1.99. The Kier molecular flexibility index (Phi) is 6.15. The Morgan fingerprint density at radius 3 is 2.48 bits per heavy atom. The maximum Gasteiger partial charge on any atom is 0.307 e. The predicted molar refractivity (Wildman–Crippen MR) is 98.4 cm³/mol. The van der Waals surface area contributed by atoms with Gasteiger partial charge in [-0.15, -0.1) is 0 Å². The van der Waals surface area contributed by atoms with Crippen LogP contribution in [-0.2, 0) is 16.0 Å². The number of benzene rings is 2. The number of carbonyl (C=O) groups excluding carboxylic acids is 1. The summed E-state index contributed by atoms with van der Waals surface area (Å²) in [5.74, 6) is -1.98. The molecule has 0 saturated carbocycles. The number of rotatable bonds is 6. The van der Waals surface area contributed by atoms with Crippen molar-refractivity contribution in [1.82, 2.24) is 0 Å². The normalized spacial score (nSPS) is 11.7. The summed E-state index contributed by atoms with van der Waals surface area (Å²) in [5, 5.41) is 12.1. The molecular formula is C18H18INO3. The van der Waals surface area contributed by atoms with Crippen LogP contribution in [0.15, 0.2) is 48.5 Å². The van der Waals surface area contributed by atoms with E-state index in [1.807, 2.05) is 43.3 Å². The van der Waals surface area contributed by atoms with Gasteiger partial charge >= 0.3 is 5.97 Å². The first-order valence-corrected chi connectivity index (χ1v) is 8.35. The van der Waals surface area contributed by atoms with Gasteiger partial charge in [-0.2, -0.15) is 0 Å². The first kappa shape index (κ1) is 17.5. The zero-order valence-corrected chi connectivity index (χ0v) is 14.9. The molecule has 0 heterocycles. The van der Waals surface area contributed by atoms with Gasteiger partial charge in [0, 0.05) is 15.7 Å². The van der Waals surface area contributed by atoms with Gasteiger partial charge in [0.05, 0.1) is 5.92 Å². The summed E-state index contributed by atoms with van der Waals surface area (Å²) in [6.45, 7) is 1.96. The number of carbonyl (C=O) groups is 2. The van der Waals surface area contributed by atoms with E-state index < -0.39 is 11.9 Å². The first-order valence-electron chi connectivity index (χ1n) is 7.28. The summed E-state index contributed by atoms with van der Waals surface area (Å²) >= 11 is 2.18. The molecule has 0 spiro atoms. The van der Waals surface area contributed by atoms with Gasteiger partial charge in [0.15, 0.2) is 0 Å². The number of hydrogen-bond acceptors (Lipinski definition) is 2. The molecule has 0 radical (unpaired) electrons. The van der Waals surface area contributed by atoms with Crippen LogP contribution in [-0.4, -0.2) is 17.0 Å². The first-order chi connectivity index (χ1) is 10.9. The molecule has 2 aromatic carbocycles. The van der Waals surface area contributed by atoms with E-state index in [2.05, 4.69) is 27.9 Å². The summed E-state index contributed by atoms with van der Waals surface area (Å²) in [5.41, 5.74) is 2.68. The third-order valence-corrected chi connectivity index (χ3v) is 4.19. The molecule has 5 heteroatoms. The molecule has 23 heavy (non-hydrogen) atoms. The van der Waals surface area contributed by atoms with Crippen molar-refractivity contribution < 1.29 is 14.7 Å². The highest BCUT2D eigenvalue weighted by molar-refractivity contribution is 14.1. The lowest BCUT2D eigenvalue weighted by Crippen LogP contribution is -2.24. The van der Waals surface area contributed by atoms with Gasteiger partial charge in [-0.05, 0) is 65.8 Å². The van der Waals surface area contributed by atoms with Crippen LogP contribution in [0.3, 0.4) is 0 Å². The summed E-state index contributed by atoms with van der Waals surface area (Å²) < 4.78 is 1.07. The molecule has 4 nitrogen and oxygen atoms in total. The predicted octanol–water partition coefficient (Wildman–Crippen LogP) is 3.87. The third kappa shape index (κ3) is 5.67. The van der Waals surface area contributed by atoms with Crippen molar-refractivity contribution in [2.75, 3.05) is 5.32 Å². The van der Waals surface area contributed by atoms with Crippen molar-refractivity contribution in [1.29, 1.82) is 0 Å². The second-order valence-corrected chi connectivity index (χ2v) is 6.73. The van der Waals surface area contributed by atoms with Crippen molar-refractivity contribution in [2.45, 2.75) is 19.8 Å². The molecule has 2 N–H and O–H groups in total. The van der Waals surface area contributed by atoms with E-state index in [4.69, 9.17) is 0 Å². The van der Waals surface area contributed by atoms with Crippen molar-refractivity contribution in [2.24, 2.45) is 5.92 Å². The van der Waals surface area contributed by atoms with Crippen LogP contribution < -0.4 is 5.32 Å². The summed E-state index contributed by atoms with van der Waals surface area (Å²) in [4.78, 5) is 23.5. The third-order valence-electron chi connectivity index (χ3n) is 3.47. The molecule has 1 unspecified atom stereocenters. The van der Waals surface area contributed by atoms with Gasteiger partial charge in [0.1, 0.15) is 0 Å². The van der Waals surface area contributed by atoms with Crippen LogP contribution in [0.1, 0.15) is 17.5 Å². The Hall–Kier alpha value is -1.89. The Bertz CT molecular complexity index is 698. The Labute approximate surface area is 149 Å². The van der Waals surface area contributed by atoms with E-state index in [1.165, 1.54) is 0 Å². The SMILES string of the molecule is Cc1cccc(CC(CC(=O)Nc2ccc(I)cc2)C(=O)O)c1. The van der Waals surface area contributed by atoms with Crippen molar-refractivity contribution in [3.8, 4) is 0 Å². The number of nitrogens with one attached hydrogen (secondary N) is 1. The van der Waals surface area contributed by atoms with Crippen LogP contribution in [0.2, 0.25) is 0 Å². The molecule has 0 fully saturated rings. The number of hydrogen-bond donors (Lipinski definition) is 2. The topological polar surface area (TPSA) is 66.4 Å². The lowest BCUT2D eigenvalue weighted by molar-refractivity contribution is -0.143. The highest BCUT2D eigenvalue weighted by atomic mass is 127. The molecule has 0 saturated heterocycles. The van der Waals surface area contributed by atoms with Gasteiger partial charge in [0.25, 0.3) is 0 Å². The average molecular weight is 423 g/mol. The summed E-state index contributed by atoms with van der Waals surface area (Å²) in [6.07, 6.45) is 0.298. The quantitative estimate of drug-likeness (QED) is 0.694. The Morgan fingerprint density at radius 2 is 1.87 bits per heavy atom. The number of anilines is 1. The van der Waals surface area contributed by atoms with Gasteiger partial charge in [-0.1, -0.05) is 29.8 Å². The van der Waals surface area contributed by atoms with E-state index in [0.717, 1.165) is 14.7 Å². The fourth-order valence-corrected chi connectivity index (χ4v) is 2.70. The lowest BCUT2D eigenvalue weighted by Gasteiger charge is -2.13. The standard InChI is InChI=1S/C18H18INO3/c1-12-3-2-4-13(9-12)10-14(18(22)23)11-17(21)20-16-7-5-15(19)6-8-16/h2-9,14H,10-11H2,1H3,(H,20,21)(H,22,23). The monoisotopic (exact) mass is 423 g/mol. The van der Waals surface area contributed by atoms with Gasteiger partial charge in [-0.25, -0.2) is 0 Å². The number of aliphatic carboxylic acids is 1. The number of carboxylic acids is 1. The van der Waals surface area contributed by atoms with Gasteiger partial charge in [-0.3, -0.25) is 9.59 Å². The van der Waals surface area contributed by atoms with E-state index in [9.17, 15) is 14.7 Å². The minimum Gasteiger partial charge on any atom is -0.481 e. The van der Waals surface area contributed by atoms with Crippen LogP contribution in [0.4, 0.5) is 5.69 Å². The van der Waals surface area contributed by atoms with E-state index in [1.54, 1.807) is 12.1 Å². The largest absolute Gasteiger partial charge is 0.481 e. The summed E-state index contributed by atoms with van der Waals surface area (Å²) in [7, 11) is 0. The Morgan fingerprint density at radius 1 is 1.17 bits per heavy atom. The highest BCUT2D eigenvalue weighted by Gasteiger charge is 2.21. The van der Waals surface area contributed by atoms with Crippen LogP contribution >= 0.6 is 22.6 Å². The zero-order valence-electron chi connectivity index (χ0n) is 12.8. The number of aryl methyl sites for hydroxylation is 1. The minimum atomic E-state index is -0.954. The van der Waals surface area contributed by atoms with Gasteiger partial charge in [0.2, 0.25) is 5.91 Å². The molecule has 0 aliphatic carbocycles.